The standard InChI is InChI=1S/C18H21N3O2/c1-12-3-10-17(23-2)16(11-12)19-13-4-6-14(7-5-13)20-18(22)21-15-8-9-15/h3-7,10-11,15,19H,8-9H2,1-2H3,(H2,20,21,22). The van der Waals surface area contributed by atoms with Crippen molar-refractivity contribution in [3.8, 4) is 5.75 Å². The molecular weight excluding hydrogens is 290 g/mol. The van der Waals surface area contributed by atoms with Gasteiger partial charge in [0.2, 0.25) is 0 Å². The SMILES string of the molecule is COc1ccc(C)cc1Nc1ccc(NC(=O)NC2CC2)cc1. The van der Waals surface area contributed by atoms with Crippen LogP contribution in [0.15, 0.2) is 42.5 Å². The van der Waals surface area contributed by atoms with Crippen LogP contribution < -0.4 is 20.7 Å². The first-order chi connectivity index (χ1) is 11.1. The zero-order valence-electron chi connectivity index (χ0n) is 13.3. The van der Waals surface area contributed by atoms with Gasteiger partial charge in [-0.1, -0.05) is 6.07 Å². The Morgan fingerprint density at radius 3 is 2.43 bits per heavy atom. The lowest BCUT2D eigenvalue weighted by atomic mass is 10.2. The molecule has 0 bridgehead atoms. The molecule has 1 fully saturated rings. The maximum Gasteiger partial charge on any atom is 0.319 e. The van der Waals surface area contributed by atoms with Crippen molar-refractivity contribution in [2.45, 2.75) is 25.8 Å². The largest absolute Gasteiger partial charge is 0.495 e. The monoisotopic (exact) mass is 311 g/mol. The number of aryl methyl sites for hydroxylation is 1. The van der Waals surface area contributed by atoms with Crippen LogP contribution in [0.25, 0.3) is 0 Å². The second-order valence-electron chi connectivity index (χ2n) is 5.78. The van der Waals surface area contributed by atoms with E-state index in [1.165, 1.54) is 0 Å². The van der Waals surface area contributed by atoms with Crippen LogP contribution in [0.3, 0.4) is 0 Å². The quantitative estimate of drug-likeness (QED) is 0.781. The van der Waals surface area contributed by atoms with E-state index in [2.05, 4.69) is 16.0 Å². The molecule has 2 aromatic rings. The molecule has 23 heavy (non-hydrogen) atoms. The lowest BCUT2D eigenvalue weighted by Gasteiger charge is -2.13. The van der Waals surface area contributed by atoms with Gasteiger partial charge in [-0.2, -0.15) is 0 Å². The van der Waals surface area contributed by atoms with E-state index in [0.717, 1.165) is 41.2 Å². The third kappa shape index (κ3) is 4.16. The molecule has 1 aliphatic rings. The topological polar surface area (TPSA) is 62.4 Å². The zero-order chi connectivity index (χ0) is 16.2. The summed E-state index contributed by atoms with van der Waals surface area (Å²) in [6.07, 6.45) is 2.16. The molecule has 2 amide bonds. The highest BCUT2D eigenvalue weighted by atomic mass is 16.5. The van der Waals surface area contributed by atoms with Gasteiger partial charge in [0.15, 0.2) is 0 Å². The Kier molecular flexibility index (Phi) is 4.37. The lowest BCUT2D eigenvalue weighted by Crippen LogP contribution is -2.30. The van der Waals surface area contributed by atoms with E-state index in [0.29, 0.717) is 6.04 Å². The van der Waals surface area contributed by atoms with E-state index in [1.54, 1.807) is 7.11 Å². The number of amides is 2. The zero-order valence-corrected chi connectivity index (χ0v) is 13.3. The minimum Gasteiger partial charge on any atom is -0.495 e. The van der Waals surface area contributed by atoms with Gasteiger partial charge < -0.3 is 20.7 Å². The molecule has 3 N–H and O–H groups in total. The molecule has 0 atom stereocenters. The molecule has 1 aliphatic carbocycles. The van der Waals surface area contributed by atoms with E-state index >= 15 is 0 Å². The Morgan fingerprint density at radius 1 is 1.09 bits per heavy atom. The summed E-state index contributed by atoms with van der Waals surface area (Å²) in [7, 11) is 1.65. The molecule has 0 saturated heterocycles. The number of ether oxygens (including phenoxy) is 1. The van der Waals surface area contributed by atoms with Crippen molar-refractivity contribution in [2.75, 3.05) is 17.7 Å². The second-order valence-corrected chi connectivity index (χ2v) is 5.78. The molecule has 5 heteroatoms. The molecule has 5 nitrogen and oxygen atoms in total. The van der Waals surface area contributed by atoms with Crippen LogP contribution in [0.1, 0.15) is 18.4 Å². The van der Waals surface area contributed by atoms with Crippen molar-refractivity contribution < 1.29 is 9.53 Å². The first-order valence-corrected chi connectivity index (χ1v) is 7.73. The van der Waals surface area contributed by atoms with Gasteiger partial charge in [0, 0.05) is 17.4 Å². The number of rotatable bonds is 5. The van der Waals surface area contributed by atoms with Crippen molar-refractivity contribution in [1.29, 1.82) is 0 Å². The third-order valence-electron chi connectivity index (χ3n) is 3.69. The number of nitrogens with one attached hydrogen (secondary N) is 3. The molecule has 0 unspecified atom stereocenters. The van der Waals surface area contributed by atoms with E-state index in [4.69, 9.17) is 4.74 Å². The average Bonchev–Trinajstić information content (AvgIpc) is 3.33. The number of hydrogen-bond acceptors (Lipinski definition) is 3. The van der Waals surface area contributed by atoms with Gasteiger partial charge in [-0.15, -0.1) is 0 Å². The predicted molar refractivity (Wildman–Crippen MR) is 92.6 cm³/mol. The van der Waals surface area contributed by atoms with Crippen LogP contribution in [0, 0.1) is 6.92 Å². The second kappa shape index (κ2) is 6.60. The smallest absolute Gasteiger partial charge is 0.319 e. The predicted octanol–water partition coefficient (Wildman–Crippen LogP) is 4.03. The highest BCUT2D eigenvalue weighted by Gasteiger charge is 2.23. The van der Waals surface area contributed by atoms with Gasteiger partial charge >= 0.3 is 6.03 Å². The summed E-state index contributed by atoms with van der Waals surface area (Å²) in [4.78, 5) is 11.7. The summed E-state index contributed by atoms with van der Waals surface area (Å²) in [6, 6.07) is 13.8. The molecule has 120 valence electrons. The van der Waals surface area contributed by atoms with Gasteiger partial charge in [-0.3, -0.25) is 0 Å². The van der Waals surface area contributed by atoms with E-state index in [-0.39, 0.29) is 6.03 Å². The Morgan fingerprint density at radius 2 is 1.78 bits per heavy atom. The summed E-state index contributed by atoms with van der Waals surface area (Å²) in [5.41, 5.74) is 3.77. The molecule has 0 spiro atoms. The maximum atomic E-state index is 11.7. The van der Waals surface area contributed by atoms with Gasteiger partial charge in [0.1, 0.15) is 5.75 Å². The fourth-order valence-corrected chi connectivity index (χ4v) is 2.29. The Balaban J connectivity index is 1.65. The van der Waals surface area contributed by atoms with Crippen LogP contribution in [0.2, 0.25) is 0 Å². The molecule has 2 aromatic carbocycles. The molecular formula is C18H21N3O2. The minimum absolute atomic E-state index is 0.145. The summed E-state index contributed by atoms with van der Waals surface area (Å²) < 4.78 is 5.36. The average molecular weight is 311 g/mol. The normalized spacial score (nSPS) is 13.3. The van der Waals surface area contributed by atoms with Crippen LogP contribution in [0.5, 0.6) is 5.75 Å². The van der Waals surface area contributed by atoms with Gasteiger partial charge in [-0.25, -0.2) is 4.79 Å². The van der Waals surface area contributed by atoms with Crippen molar-refractivity contribution in [1.82, 2.24) is 5.32 Å². The van der Waals surface area contributed by atoms with E-state index in [1.807, 2.05) is 49.4 Å². The number of carbonyl (C=O) groups excluding carboxylic acids is 1. The van der Waals surface area contributed by atoms with Crippen molar-refractivity contribution in [3.63, 3.8) is 0 Å². The Labute approximate surface area is 136 Å². The van der Waals surface area contributed by atoms with Gasteiger partial charge in [0.25, 0.3) is 0 Å². The van der Waals surface area contributed by atoms with Crippen molar-refractivity contribution >= 4 is 23.1 Å². The number of methoxy groups -OCH3 is 1. The van der Waals surface area contributed by atoms with Crippen LogP contribution in [-0.4, -0.2) is 19.2 Å². The molecule has 3 rings (SSSR count). The lowest BCUT2D eigenvalue weighted by molar-refractivity contribution is 0.251. The molecule has 0 aromatic heterocycles. The number of benzene rings is 2. The minimum atomic E-state index is -0.145. The third-order valence-corrected chi connectivity index (χ3v) is 3.69. The van der Waals surface area contributed by atoms with Gasteiger partial charge in [0.05, 0.1) is 12.8 Å². The molecule has 0 heterocycles. The number of urea groups is 1. The summed E-state index contributed by atoms with van der Waals surface area (Å²) in [5.74, 6) is 0.793. The Bertz CT molecular complexity index is 694. The number of carbonyl (C=O) groups is 1. The highest BCUT2D eigenvalue weighted by Crippen LogP contribution is 2.29. The van der Waals surface area contributed by atoms with Gasteiger partial charge in [-0.05, 0) is 61.7 Å². The van der Waals surface area contributed by atoms with Crippen molar-refractivity contribution in [2.24, 2.45) is 0 Å². The first kappa shape index (κ1) is 15.2. The van der Waals surface area contributed by atoms with E-state index < -0.39 is 0 Å². The summed E-state index contributed by atoms with van der Waals surface area (Å²) in [6.45, 7) is 2.04. The fourth-order valence-electron chi connectivity index (χ4n) is 2.29. The van der Waals surface area contributed by atoms with E-state index in [9.17, 15) is 4.79 Å². The molecule has 0 radical (unpaired) electrons. The first-order valence-electron chi connectivity index (χ1n) is 7.73. The molecule has 0 aliphatic heterocycles. The summed E-state index contributed by atoms with van der Waals surface area (Å²) >= 11 is 0. The maximum absolute atomic E-state index is 11.7. The van der Waals surface area contributed by atoms with Crippen LogP contribution >= 0.6 is 0 Å². The fraction of sp³-hybridized carbons (Fsp3) is 0.278. The Hall–Kier alpha value is -2.69. The summed E-state index contributed by atoms with van der Waals surface area (Å²) in [5, 5.41) is 9.06. The number of anilines is 3. The van der Waals surface area contributed by atoms with Crippen LogP contribution in [0.4, 0.5) is 21.9 Å². The molecule has 1 saturated carbocycles. The number of hydrogen-bond donors (Lipinski definition) is 3. The van der Waals surface area contributed by atoms with Crippen molar-refractivity contribution in [3.05, 3.63) is 48.0 Å². The van der Waals surface area contributed by atoms with Crippen LogP contribution in [-0.2, 0) is 0 Å². The highest BCUT2D eigenvalue weighted by molar-refractivity contribution is 5.89.